The highest BCUT2D eigenvalue weighted by atomic mass is 35.5. The summed E-state index contributed by atoms with van der Waals surface area (Å²) in [7, 11) is 0. The average molecular weight is 271 g/mol. The summed E-state index contributed by atoms with van der Waals surface area (Å²) < 4.78 is 48.1. The van der Waals surface area contributed by atoms with Crippen LogP contribution in [0.5, 0.6) is 0 Å². The third-order valence-corrected chi connectivity index (χ3v) is 1.79. The van der Waals surface area contributed by atoms with E-state index in [1.165, 1.54) is 6.07 Å². The van der Waals surface area contributed by atoms with Crippen molar-refractivity contribution in [1.29, 1.82) is 0 Å². The molecular weight excluding hydrogens is 264 g/mol. The number of hydrogen-bond donors (Lipinski definition) is 2. The number of nitrogens with one attached hydrogen (secondary N) is 2. The molecule has 0 bridgehead atoms. The first-order valence-electron chi connectivity index (χ1n) is 4.34. The molecule has 8 heteroatoms. The minimum atomic E-state index is -4.50. The molecule has 94 valence electrons. The van der Waals surface area contributed by atoms with Crippen LogP contribution in [0.4, 0.5) is 28.0 Å². The first-order chi connectivity index (χ1) is 7.76. The van der Waals surface area contributed by atoms with Crippen molar-refractivity contribution in [3.05, 3.63) is 29.0 Å². The SMILES string of the molecule is O=C(NCC(F)(F)F)Nc1cc(F)cc(Cl)c1. The van der Waals surface area contributed by atoms with Crippen molar-refractivity contribution < 1.29 is 22.4 Å². The van der Waals surface area contributed by atoms with Crippen LogP contribution in [0.15, 0.2) is 18.2 Å². The first kappa shape index (κ1) is 13.6. The van der Waals surface area contributed by atoms with E-state index in [4.69, 9.17) is 11.6 Å². The maximum Gasteiger partial charge on any atom is 0.405 e. The smallest absolute Gasteiger partial charge is 0.329 e. The lowest BCUT2D eigenvalue weighted by Crippen LogP contribution is -2.36. The number of alkyl halides is 3. The number of rotatable bonds is 2. The van der Waals surface area contributed by atoms with Crippen LogP contribution in [0.2, 0.25) is 5.02 Å². The van der Waals surface area contributed by atoms with E-state index in [0.717, 1.165) is 12.1 Å². The normalized spacial score (nSPS) is 11.1. The van der Waals surface area contributed by atoms with Gasteiger partial charge in [-0.3, -0.25) is 0 Å². The molecule has 1 rings (SSSR count). The molecule has 0 spiro atoms. The van der Waals surface area contributed by atoms with E-state index in [0.29, 0.717) is 0 Å². The molecule has 0 heterocycles. The second-order valence-electron chi connectivity index (χ2n) is 3.08. The van der Waals surface area contributed by atoms with Crippen LogP contribution in [0.25, 0.3) is 0 Å². The van der Waals surface area contributed by atoms with Gasteiger partial charge in [-0.2, -0.15) is 13.2 Å². The molecular formula is C9H7ClF4N2O. The number of carbonyl (C=O) groups is 1. The number of benzene rings is 1. The van der Waals surface area contributed by atoms with E-state index in [2.05, 4.69) is 0 Å². The van der Waals surface area contributed by atoms with Crippen molar-refractivity contribution in [1.82, 2.24) is 5.32 Å². The Morgan fingerprint density at radius 1 is 1.29 bits per heavy atom. The number of urea groups is 1. The molecule has 0 aliphatic carbocycles. The summed E-state index contributed by atoms with van der Waals surface area (Å²) in [6.45, 7) is -1.47. The highest BCUT2D eigenvalue weighted by Crippen LogP contribution is 2.18. The molecule has 0 fully saturated rings. The molecule has 0 aromatic heterocycles. The number of halogens is 5. The van der Waals surface area contributed by atoms with E-state index >= 15 is 0 Å². The predicted molar refractivity (Wildman–Crippen MR) is 54.5 cm³/mol. The molecule has 1 aromatic rings. The summed E-state index contributed by atoms with van der Waals surface area (Å²) in [6, 6.07) is 2.04. The van der Waals surface area contributed by atoms with Gasteiger partial charge in [-0.25, -0.2) is 9.18 Å². The molecule has 2 amide bonds. The monoisotopic (exact) mass is 270 g/mol. The van der Waals surface area contributed by atoms with E-state index in [9.17, 15) is 22.4 Å². The van der Waals surface area contributed by atoms with Gasteiger partial charge in [0.2, 0.25) is 0 Å². The first-order valence-corrected chi connectivity index (χ1v) is 4.72. The highest BCUT2D eigenvalue weighted by molar-refractivity contribution is 6.30. The van der Waals surface area contributed by atoms with Crippen LogP contribution in [-0.2, 0) is 0 Å². The summed E-state index contributed by atoms with van der Waals surface area (Å²) >= 11 is 5.49. The van der Waals surface area contributed by atoms with Gasteiger partial charge >= 0.3 is 12.2 Å². The second-order valence-corrected chi connectivity index (χ2v) is 3.52. The van der Waals surface area contributed by atoms with E-state index < -0.39 is 24.6 Å². The summed E-state index contributed by atoms with van der Waals surface area (Å²) in [5, 5.41) is 3.62. The number of hydrogen-bond acceptors (Lipinski definition) is 1. The van der Waals surface area contributed by atoms with Gasteiger partial charge < -0.3 is 10.6 Å². The summed E-state index contributed by atoms with van der Waals surface area (Å²) in [5.74, 6) is -0.705. The molecule has 0 unspecified atom stereocenters. The molecule has 2 N–H and O–H groups in total. The van der Waals surface area contributed by atoms with Crippen LogP contribution in [0.3, 0.4) is 0 Å². The fourth-order valence-corrected chi connectivity index (χ4v) is 1.20. The fraction of sp³-hybridized carbons (Fsp3) is 0.222. The van der Waals surface area contributed by atoms with Crippen molar-refractivity contribution >= 4 is 23.3 Å². The Hall–Kier alpha value is -1.50. The molecule has 17 heavy (non-hydrogen) atoms. The van der Waals surface area contributed by atoms with Gasteiger partial charge in [-0.1, -0.05) is 11.6 Å². The van der Waals surface area contributed by atoms with Gasteiger partial charge in [0.05, 0.1) is 0 Å². The largest absolute Gasteiger partial charge is 0.405 e. The van der Waals surface area contributed by atoms with Gasteiger partial charge in [-0.15, -0.1) is 0 Å². The zero-order valence-electron chi connectivity index (χ0n) is 8.24. The lowest BCUT2D eigenvalue weighted by atomic mass is 10.3. The number of amides is 2. The van der Waals surface area contributed by atoms with Crippen LogP contribution < -0.4 is 10.6 Å². The quantitative estimate of drug-likeness (QED) is 0.796. The Morgan fingerprint density at radius 2 is 1.94 bits per heavy atom. The lowest BCUT2D eigenvalue weighted by Gasteiger charge is -2.10. The Kier molecular flexibility index (Phi) is 4.17. The zero-order valence-corrected chi connectivity index (χ0v) is 8.99. The van der Waals surface area contributed by atoms with Crippen LogP contribution >= 0.6 is 11.6 Å². The topological polar surface area (TPSA) is 41.1 Å². The standard InChI is InChI=1S/C9H7ClF4N2O/c10-5-1-6(11)3-7(2-5)16-8(17)15-4-9(12,13)14/h1-3H,4H2,(H2,15,16,17). The minimum Gasteiger partial charge on any atom is -0.329 e. The molecule has 1 aromatic carbocycles. The molecule has 3 nitrogen and oxygen atoms in total. The lowest BCUT2D eigenvalue weighted by molar-refractivity contribution is -0.122. The van der Waals surface area contributed by atoms with E-state index in [1.807, 2.05) is 5.32 Å². The van der Waals surface area contributed by atoms with Gasteiger partial charge in [0.1, 0.15) is 12.4 Å². The van der Waals surface area contributed by atoms with Crippen molar-refractivity contribution in [2.24, 2.45) is 0 Å². The van der Waals surface area contributed by atoms with Crippen molar-refractivity contribution in [2.45, 2.75) is 6.18 Å². The maximum absolute atomic E-state index is 12.8. The predicted octanol–water partition coefficient (Wildman–Crippen LogP) is 3.16. The molecule has 0 aliphatic heterocycles. The third kappa shape index (κ3) is 5.39. The second kappa shape index (κ2) is 5.22. The van der Waals surface area contributed by atoms with E-state index in [-0.39, 0.29) is 10.7 Å². The molecule has 0 radical (unpaired) electrons. The Bertz CT molecular complexity index is 402. The Balaban J connectivity index is 2.56. The van der Waals surface area contributed by atoms with Gasteiger partial charge in [0.15, 0.2) is 0 Å². The zero-order chi connectivity index (χ0) is 13.1. The number of carbonyl (C=O) groups excluding carboxylic acids is 1. The number of anilines is 1. The Labute approximate surface area is 98.8 Å². The molecule has 0 atom stereocenters. The van der Waals surface area contributed by atoms with Crippen LogP contribution in [0.1, 0.15) is 0 Å². The average Bonchev–Trinajstić information content (AvgIpc) is 2.11. The van der Waals surface area contributed by atoms with Crippen molar-refractivity contribution in [3.8, 4) is 0 Å². The highest BCUT2D eigenvalue weighted by Gasteiger charge is 2.27. The van der Waals surface area contributed by atoms with Gasteiger partial charge in [0.25, 0.3) is 0 Å². The van der Waals surface area contributed by atoms with Gasteiger partial charge in [-0.05, 0) is 18.2 Å². The molecule has 0 aliphatic rings. The van der Waals surface area contributed by atoms with E-state index in [1.54, 1.807) is 5.32 Å². The Morgan fingerprint density at radius 3 is 2.47 bits per heavy atom. The molecule has 0 saturated carbocycles. The van der Waals surface area contributed by atoms with Gasteiger partial charge in [0, 0.05) is 10.7 Å². The molecule has 0 saturated heterocycles. The summed E-state index contributed by atoms with van der Waals surface area (Å²) in [6.07, 6.45) is -4.50. The van der Waals surface area contributed by atoms with Crippen LogP contribution in [0, 0.1) is 5.82 Å². The summed E-state index contributed by atoms with van der Waals surface area (Å²) in [4.78, 5) is 11.0. The minimum absolute atomic E-state index is 0.0242. The fourth-order valence-electron chi connectivity index (χ4n) is 0.982. The van der Waals surface area contributed by atoms with Crippen molar-refractivity contribution in [2.75, 3.05) is 11.9 Å². The summed E-state index contributed by atoms with van der Waals surface area (Å²) in [5.41, 5.74) is -0.0327. The maximum atomic E-state index is 12.8. The van der Waals surface area contributed by atoms with Crippen LogP contribution in [-0.4, -0.2) is 18.8 Å². The van der Waals surface area contributed by atoms with Crippen molar-refractivity contribution in [3.63, 3.8) is 0 Å². The third-order valence-electron chi connectivity index (χ3n) is 1.57.